The van der Waals surface area contributed by atoms with Gasteiger partial charge in [-0.15, -0.1) is 0 Å². The van der Waals surface area contributed by atoms with Crippen molar-refractivity contribution in [3.8, 4) is 11.5 Å². The highest BCUT2D eigenvalue weighted by Crippen LogP contribution is 2.35. The third-order valence-electron chi connectivity index (χ3n) is 5.42. The van der Waals surface area contributed by atoms with Crippen molar-refractivity contribution in [3.63, 3.8) is 0 Å². The van der Waals surface area contributed by atoms with Crippen molar-refractivity contribution in [1.29, 1.82) is 0 Å². The Morgan fingerprint density at radius 3 is 1.24 bits per heavy atom. The van der Waals surface area contributed by atoms with Crippen molar-refractivity contribution in [2.75, 3.05) is 26.2 Å². The minimum atomic E-state index is 0.228. The van der Waals surface area contributed by atoms with Crippen molar-refractivity contribution >= 4 is 23.2 Å². The van der Waals surface area contributed by atoms with Gasteiger partial charge in [-0.2, -0.15) is 0 Å². The Balaban J connectivity index is 2.38. The van der Waals surface area contributed by atoms with E-state index in [0.717, 1.165) is 37.3 Å². The summed E-state index contributed by atoms with van der Waals surface area (Å²) in [4.78, 5) is 4.43. The molecule has 0 aliphatic heterocycles. The van der Waals surface area contributed by atoms with E-state index in [0.29, 0.717) is 40.7 Å². The van der Waals surface area contributed by atoms with Gasteiger partial charge in [-0.05, 0) is 50.4 Å². The zero-order valence-corrected chi connectivity index (χ0v) is 19.3. The maximum atomic E-state index is 10.9. The minimum absolute atomic E-state index is 0.228. The van der Waals surface area contributed by atoms with Crippen molar-refractivity contribution in [2.45, 2.75) is 47.2 Å². The maximum absolute atomic E-state index is 10.9. The predicted octanol–water partition coefficient (Wildman–Crippen LogP) is 5.68. The average molecular weight is 439 g/mol. The lowest BCUT2D eigenvalue weighted by molar-refractivity contribution is 0.290. The molecule has 6 heteroatoms. The molecule has 0 heterocycles. The normalized spacial score (nSPS) is 11.6. The van der Waals surface area contributed by atoms with Gasteiger partial charge in [0.2, 0.25) is 0 Å². The van der Waals surface area contributed by atoms with E-state index >= 15 is 0 Å². The summed E-state index contributed by atoms with van der Waals surface area (Å²) in [5.41, 5.74) is 2.96. The van der Waals surface area contributed by atoms with Crippen LogP contribution in [-0.4, -0.2) is 46.2 Å². The quantitative estimate of drug-likeness (QED) is 0.500. The molecule has 0 bridgehead atoms. The van der Waals surface area contributed by atoms with Gasteiger partial charge in [-0.1, -0.05) is 50.9 Å². The molecule has 160 valence electrons. The van der Waals surface area contributed by atoms with Gasteiger partial charge in [0.25, 0.3) is 0 Å². The maximum Gasteiger partial charge on any atom is 0.123 e. The van der Waals surface area contributed by atoms with Gasteiger partial charge >= 0.3 is 0 Å². The molecule has 2 N–H and O–H groups in total. The number of halogens is 2. The molecule has 0 amide bonds. The number of hydrogen-bond acceptors (Lipinski definition) is 4. The molecule has 0 saturated carbocycles. The topological polar surface area (TPSA) is 46.9 Å². The molecule has 0 unspecified atom stereocenters. The Morgan fingerprint density at radius 1 is 0.621 bits per heavy atom. The number of phenolic OH excluding ortho intramolecular Hbond substituents is 2. The zero-order valence-electron chi connectivity index (χ0n) is 17.8. The molecule has 4 nitrogen and oxygen atoms in total. The van der Waals surface area contributed by atoms with Crippen LogP contribution in [0.5, 0.6) is 11.5 Å². The van der Waals surface area contributed by atoms with E-state index in [2.05, 4.69) is 37.5 Å². The van der Waals surface area contributed by atoms with Crippen LogP contribution in [0.25, 0.3) is 0 Å². The van der Waals surface area contributed by atoms with Gasteiger partial charge in [0.1, 0.15) is 11.5 Å². The van der Waals surface area contributed by atoms with Crippen LogP contribution >= 0.6 is 23.2 Å². The van der Waals surface area contributed by atoms with E-state index in [-0.39, 0.29) is 11.5 Å². The number of aromatic hydroxyl groups is 2. The molecule has 0 aliphatic carbocycles. The molecule has 2 aromatic carbocycles. The molecule has 0 aliphatic rings. The SMILES string of the molecule is CCN(CC)Cc1cc(Cl)cc(Cc2cc(Cl)cc(CN(CC)CC)c2O)c1O. The average Bonchev–Trinajstić information content (AvgIpc) is 2.70. The molecule has 0 fully saturated rings. The second kappa shape index (κ2) is 11.1. The van der Waals surface area contributed by atoms with Crippen LogP contribution in [0.4, 0.5) is 0 Å². The molecule has 0 saturated heterocycles. The summed E-state index contributed by atoms with van der Waals surface area (Å²) in [5.74, 6) is 0.455. The Bertz CT molecular complexity index is 752. The fraction of sp³-hybridized carbons (Fsp3) is 0.478. The molecule has 0 radical (unpaired) electrons. The number of nitrogens with zero attached hydrogens (tertiary/aromatic N) is 2. The first-order valence-electron chi connectivity index (χ1n) is 10.3. The number of phenols is 2. The fourth-order valence-corrected chi connectivity index (χ4v) is 4.05. The summed E-state index contributed by atoms with van der Waals surface area (Å²) in [6.07, 6.45) is 0.356. The van der Waals surface area contributed by atoms with Crippen LogP contribution in [0.2, 0.25) is 10.0 Å². The van der Waals surface area contributed by atoms with Crippen LogP contribution in [-0.2, 0) is 19.5 Å². The van der Waals surface area contributed by atoms with E-state index in [9.17, 15) is 10.2 Å². The van der Waals surface area contributed by atoms with Crippen molar-refractivity contribution in [2.24, 2.45) is 0 Å². The van der Waals surface area contributed by atoms with E-state index in [1.807, 2.05) is 12.1 Å². The zero-order chi connectivity index (χ0) is 21.6. The lowest BCUT2D eigenvalue weighted by Gasteiger charge is -2.21. The van der Waals surface area contributed by atoms with E-state index in [1.54, 1.807) is 12.1 Å². The third kappa shape index (κ3) is 6.26. The molecule has 0 atom stereocenters. The van der Waals surface area contributed by atoms with E-state index < -0.39 is 0 Å². The second-order valence-electron chi connectivity index (χ2n) is 7.24. The lowest BCUT2D eigenvalue weighted by atomic mass is 9.98. The van der Waals surface area contributed by atoms with Gasteiger partial charge in [0.15, 0.2) is 0 Å². The van der Waals surface area contributed by atoms with Gasteiger partial charge in [-0.25, -0.2) is 0 Å². The van der Waals surface area contributed by atoms with Gasteiger partial charge in [0.05, 0.1) is 0 Å². The number of benzene rings is 2. The van der Waals surface area contributed by atoms with Gasteiger partial charge < -0.3 is 10.2 Å². The molecular weight excluding hydrogens is 407 g/mol. The summed E-state index contributed by atoms with van der Waals surface area (Å²) < 4.78 is 0. The van der Waals surface area contributed by atoms with Crippen LogP contribution in [0.15, 0.2) is 24.3 Å². The second-order valence-corrected chi connectivity index (χ2v) is 8.12. The molecule has 2 aromatic rings. The summed E-state index contributed by atoms with van der Waals surface area (Å²) in [5, 5.41) is 22.9. The Hall–Kier alpha value is -1.46. The summed E-state index contributed by atoms with van der Waals surface area (Å²) in [6.45, 7) is 13.2. The third-order valence-corrected chi connectivity index (χ3v) is 5.86. The Labute approximate surface area is 184 Å². The van der Waals surface area contributed by atoms with Crippen molar-refractivity contribution in [3.05, 3.63) is 56.6 Å². The fourth-order valence-electron chi connectivity index (χ4n) is 3.53. The van der Waals surface area contributed by atoms with Crippen molar-refractivity contribution < 1.29 is 10.2 Å². The van der Waals surface area contributed by atoms with Gasteiger partial charge in [-0.3, -0.25) is 9.80 Å². The lowest BCUT2D eigenvalue weighted by Crippen LogP contribution is -2.22. The summed E-state index contributed by atoms with van der Waals surface area (Å²) >= 11 is 12.7. The highest BCUT2D eigenvalue weighted by atomic mass is 35.5. The molecule has 29 heavy (non-hydrogen) atoms. The largest absolute Gasteiger partial charge is 0.507 e. The van der Waals surface area contributed by atoms with E-state index in [1.165, 1.54) is 0 Å². The van der Waals surface area contributed by atoms with Crippen LogP contribution in [0.1, 0.15) is 49.9 Å². The molecule has 2 rings (SSSR count). The predicted molar refractivity (Wildman–Crippen MR) is 122 cm³/mol. The molecular formula is C23H32Cl2N2O2. The van der Waals surface area contributed by atoms with Crippen LogP contribution in [0, 0.1) is 0 Å². The Morgan fingerprint density at radius 2 is 0.931 bits per heavy atom. The minimum Gasteiger partial charge on any atom is -0.507 e. The number of rotatable bonds is 10. The first kappa shape index (κ1) is 23.8. The van der Waals surface area contributed by atoms with Crippen LogP contribution in [0.3, 0.4) is 0 Å². The van der Waals surface area contributed by atoms with Crippen LogP contribution < -0.4 is 0 Å². The van der Waals surface area contributed by atoms with Crippen molar-refractivity contribution in [1.82, 2.24) is 9.80 Å². The van der Waals surface area contributed by atoms with E-state index in [4.69, 9.17) is 23.2 Å². The molecule has 0 aromatic heterocycles. The molecule has 0 spiro atoms. The Kier molecular flexibility index (Phi) is 9.09. The monoisotopic (exact) mass is 438 g/mol. The first-order chi connectivity index (χ1) is 13.8. The van der Waals surface area contributed by atoms with Gasteiger partial charge in [0, 0.05) is 51.8 Å². The summed E-state index contributed by atoms with van der Waals surface area (Å²) in [7, 11) is 0. The number of hydrogen-bond donors (Lipinski definition) is 2. The standard InChI is InChI=1S/C23H32Cl2N2O2/c1-5-26(6-2)14-18-12-20(24)10-16(22(18)28)9-17-11-21(25)13-19(23(17)29)15-27(7-3)8-4/h10-13,28-29H,5-9,14-15H2,1-4H3. The summed E-state index contributed by atoms with van der Waals surface area (Å²) in [6, 6.07) is 7.13. The smallest absolute Gasteiger partial charge is 0.123 e. The highest BCUT2D eigenvalue weighted by molar-refractivity contribution is 6.31. The first-order valence-corrected chi connectivity index (χ1v) is 11.0. The highest BCUT2D eigenvalue weighted by Gasteiger charge is 2.17.